The van der Waals surface area contributed by atoms with Gasteiger partial charge in [0.05, 0.1) is 0 Å². The fourth-order valence-corrected chi connectivity index (χ4v) is 5.97. The quantitative estimate of drug-likeness (QED) is 0.677. The highest BCUT2D eigenvalue weighted by atomic mass is 16.1. The highest BCUT2D eigenvalue weighted by Gasteiger charge is 2.58. The topological polar surface area (TPSA) is 34.1 Å². The molecule has 0 heterocycles. The maximum Gasteiger partial charge on any atom is 0.178 e. The first-order chi connectivity index (χ1) is 9.95. The number of Topliss-reactive ketones (excluding diaryl/α,β-unsaturated/α-hetero) is 1. The third-order valence-corrected chi connectivity index (χ3v) is 7.27. The Balaban J connectivity index is 1.72. The fraction of sp³-hybridized carbons (Fsp3) is 0.684. The predicted octanol–water partition coefficient (Wildman–Crippen LogP) is 3.86. The van der Waals surface area contributed by atoms with Crippen LogP contribution in [0.4, 0.5) is 0 Å². The van der Waals surface area contributed by atoms with Gasteiger partial charge in [0, 0.05) is 17.3 Å². The Bertz CT molecular complexity index is 584. The van der Waals surface area contributed by atoms with Crippen molar-refractivity contribution in [3.63, 3.8) is 0 Å². The van der Waals surface area contributed by atoms with Gasteiger partial charge < -0.3 is 0 Å². The minimum Gasteiger partial charge on any atom is -0.299 e. The van der Waals surface area contributed by atoms with Crippen LogP contribution >= 0.6 is 0 Å². The van der Waals surface area contributed by atoms with E-state index < -0.39 is 0 Å². The number of hydrogen-bond acceptors (Lipinski definition) is 2. The van der Waals surface area contributed by atoms with Crippen LogP contribution in [0, 0.1) is 28.6 Å². The second-order valence-corrected chi connectivity index (χ2v) is 8.02. The van der Waals surface area contributed by atoms with Crippen LogP contribution in [0.2, 0.25) is 0 Å². The van der Waals surface area contributed by atoms with Gasteiger partial charge in [-0.2, -0.15) is 0 Å². The second-order valence-electron chi connectivity index (χ2n) is 8.02. The van der Waals surface area contributed by atoms with Crippen LogP contribution in [0.25, 0.3) is 0 Å². The molecular weight excluding hydrogens is 260 g/mol. The number of rotatable bonds is 0. The lowest BCUT2D eigenvalue weighted by atomic mass is 9.48. The molecule has 3 fully saturated rings. The summed E-state index contributed by atoms with van der Waals surface area (Å²) in [6.07, 6.45) is 12.1. The molecule has 4 rings (SSSR count). The Morgan fingerprint density at radius 1 is 1.05 bits per heavy atom. The normalized spacial score (nSPS) is 48.5. The van der Waals surface area contributed by atoms with E-state index in [0.717, 1.165) is 32.1 Å². The molecule has 0 radical (unpaired) electrons. The average Bonchev–Trinajstić information content (AvgIpc) is 2.76. The van der Waals surface area contributed by atoms with Gasteiger partial charge in [-0.1, -0.05) is 25.5 Å². The van der Waals surface area contributed by atoms with Gasteiger partial charge in [-0.15, -0.1) is 0 Å². The van der Waals surface area contributed by atoms with E-state index in [0.29, 0.717) is 23.5 Å². The van der Waals surface area contributed by atoms with Crippen molar-refractivity contribution in [2.75, 3.05) is 0 Å². The van der Waals surface area contributed by atoms with E-state index in [4.69, 9.17) is 0 Å². The number of carbonyl (C=O) groups excluding carboxylic acids is 2. The summed E-state index contributed by atoms with van der Waals surface area (Å²) in [5.74, 6) is 2.51. The van der Waals surface area contributed by atoms with E-state index in [1.165, 1.54) is 12.0 Å². The zero-order valence-electron chi connectivity index (χ0n) is 13.0. The second kappa shape index (κ2) is 4.18. The first-order valence-corrected chi connectivity index (χ1v) is 8.43. The molecular formula is C19H24O2. The Morgan fingerprint density at radius 2 is 1.86 bits per heavy atom. The summed E-state index contributed by atoms with van der Waals surface area (Å²) in [6, 6.07) is 0. The monoisotopic (exact) mass is 284 g/mol. The van der Waals surface area contributed by atoms with E-state index in [1.807, 2.05) is 6.08 Å². The maximum atomic E-state index is 12.3. The zero-order chi connectivity index (χ0) is 14.8. The third kappa shape index (κ3) is 1.65. The molecule has 0 aromatic heterocycles. The lowest BCUT2D eigenvalue weighted by molar-refractivity contribution is -0.131. The molecule has 4 aliphatic rings. The van der Waals surface area contributed by atoms with E-state index in [2.05, 4.69) is 19.9 Å². The molecule has 0 bridgehead atoms. The molecule has 2 nitrogen and oxygen atoms in total. The number of allylic oxidation sites excluding steroid dienone is 4. The smallest absolute Gasteiger partial charge is 0.178 e. The van der Waals surface area contributed by atoms with Crippen molar-refractivity contribution in [2.24, 2.45) is 28.6 Å². The number of carbonyl (C=O) groups is 2. The first kappa shape index (κ1) is 13.5. The van der Waals surface area contributed by atoms with Crippen LogP contribution in [0.1, 0.15) is 52.4 Å². The molecule has 0 amide bonds. The van der Waals surface area contributed by atoms with E-state index >= 15 is 0 Å². The highest BCUT2D eigenvalue weighted by molar-refractivity contribution is 6.01. The van der Waals surface area contributed by atoms with Gasteiger partial charge in [0.25, 0.3) is 0 Å². The number of ketones is 2. The molecule has 0 aromatic carbocycles. The van der Waals surface area contributed by atoms with Crippen LogP contribution < -0.4 is 0 Å². The van der Waals surface area contributed by atoms with Crippen molar-refractivity contribution in [1.29, 1.82) is 0 Å². The van der Waals surface area contributed by atoms with E-state index in [1.54, 1.807) is 6.08 Å². The van der Waals surface area contributed by atoms with Crippen molar-refractivity contribution in [2.45, 2.75) is 52.4 Å². The van der Waals surface area contributed by atoms with Gasteiger partial charge in [-0.05, 0) is 62.0 Å². The van der Waals surface area contributed by atoms with Crippen LogP contribution in [-0.2, 0) is 9.59 Å². The molecule has 2 heteroatoms. The fourth-order valence-electron chi connectivity index (χ4n) is 5.97. The van der Waals surface area contributed by atoms with Crippen LogP contribution in [0.15, 0.2) is 23.8 Å². The lowest BCUT2D eigenvalue weighted by Gasteiger charge is -2.55. The van der Waals surface area contributed by atoms with Gasteiger partial charge in [-0.3, -0.25) is 9.59 Å². The van der Waals surface area contributed by atoms with Gasteiger partial charge >= 0.3 is 0 Å². The van der Waals surface area contributed by atoms with Gasteiger partial charge in [0.15, 0.2) is 5.78 Å². The van der Waals surface area contributed by atoms with E-state index in [9.17, 15) is 9.59 Å². The van der Waals surface area contributed by atoms with Crippen molar-refractivity contribution in [3.05, 3.63) is 23.8 Å². The lowest BCUT2D eigenvalue weighted by Crippen LogP contribution is -2.49. The summed E-state index contributed by atoms with van der Waals surface area (Å²) in [5, 5.41) is 0. The van der Waals surface area contributed by atoms with Crippen LogP contribution in [0.3, 0.4) is 0 Å². The summed E-state index contributed by atoms with van der Waals surface area (Å²) in [4.78, 5) is 24.0. The molecule has 21 heavy (non-hydrogen) atoms. The Morgan fingerprint density at radius 3 is 2.67 bits per heavy atom. The molecule has 0 saturated heterocycles. The minimum absolute atomic E-state index is 0.0487. The van der Waals surface area contributed by atoms with Crippen molar-refractivity contribution < 1.29 is 9.59 Å². The van der Waals surface area contributed by atoms with Crippen LogP contribution in [0.5, 0.6) is 0 Å². The van der Waals surface area contributed by atoms with Crippen molar-refractivity contribution in [1.82, 2.24) is 0 Å². The summed E-state index contributed by atoms with van der Waals surface area (Å²) >= 11 is 0. The van der Waals surface area contributed by atoms with Crippen LogP contribution in [-0.4, -0.2) is 11.6 Å². The molecule has 0 spiro atoms. The molecule has 112 valence electrons. The summed E-state index contributed by atoms with van der Waals surface area (Å²) in [7, 11) is 0. The summed E-state index contributed by atoms with van der Waals surface area (Å²) in [6.45, 7) is 4.54. The zero-order valence-corrected chi connectivity index (χ0v) is 13.0. The Kier molecular flexibility index (Phi) is 2.68. The molecule has 0 unspecified atom stereocenters. The predicted molar refractivity (Wildman–Crippen MR) is 81.6 cm³/mol. The van der Waals surface area contributed by atoms with Gasteiger partial charge in [0.2, 0.25) is 0 Å². The van der Waals surface area contributed by atoms with Gasteiger partial charge in [0.1, 0.15) is 5.78 Å². The third-order valence-electron chi connectivity index (χ3n) is 7.27. The first-order valence-electron chi connectivity index (χ1n) is 8.43. The number of fused-ring (bicyclic) bond motifs is 5. The number of hydrogen-bond donors (Lipinski definition) is 0. The molecule has 0 aliphatic heterocycles. The Labute approximate surface area is 126 Å². The standard InChI is InChI=1S/C19H24O2/c1-18-9-7-13(20)11-12(18)3-4-14-15-5-6-17(21)19(15,2)10-8-16(14)18/h7,9,11,14-16H,3-6,8,10H2,1-2H3/t14-,15+,16-,18-,19+/m1/s1. The summed E-state index contributed by atoms with van der Waals surface area (Å²) in [5.41, 5.74) is 1.35. The van der Waals surface area contributed by atoms with Crippen molar-refractivity contribution >= 4 is 11.6 Å². The molecule has 4 aliphatic carbocycles. The largest absolute Gasteiger partial charge is 0.299 e. The van der Waals surface area contributed by atoms with Gasteiger partial charge in [-0.25, -0.2) is 0 Å². The summed E-state index contributed by atoms with van der Waals surface area (Å²) < 4.78 is 0. The maximum absolute atomic E-state index is 12.3. The molecule has 3 saturated carbocycles. The Hall–Kier alpha value is -1.18. The minimum atomic E-state index is -0.0487. The van der Waals surface area contributed by atoms with E-state index in [-0.39, 0.29) is 16.6 Å². The van der Waals surface area contributed by atoms with Crippen molar-refractivity contribution in [3.8, 4) is 0 Å². The molecule has 5 atom stereocenters. The molecule has 0 N–H and O–H groups in total. The average molecular weight is 284 g/mol. The highest BCUT2D eigenvalue weighted by Crippen LogP contribution is 2.63. The SMILES string of the molecule is C[C@@]12C=CC(=O)C=C1CC[C@H]1[C@H]2CC[C@]2(C)C(=O)CC[C@@H]12. The molecule has 0 aromatic rings.